The van der Waals surface area contributed by atoms with E-state index in [1.807, 2.05) is 44.2 Å². The second-order valence-electron chi connectivity index (χ2n) is 7.19. The first kappa shape index (κ1) is 22.4. The molecule has 0 spiro atoms. The van der Waals surface area contributed by atoms with Gasteiger partial charge in [0.05, 0.1) is 18.1 Å². The van der Waals surface area contributed by atoms with E-state index in [2.05, 4.69) is 10.0 Å². The van der Waals surface area contributed by atoms with E-state index in [4.69, 9.17) is 4.74 Å². The van der Waals surface area contributed by atoms with Crippen molar-refractivity contribution in [2.75, 3.05) is 20.2 Å². The number of methoxy groups -OCH3 is 1. The zero-order chi connectivity index (χ0) is 20.6. The summed E-state index contributed by atoms with van der Waals surface area (Å²) in [7, 11) is -2.17. The van der Waals surface area contributed by atoms with Crippen molar-refractivity contribution in [3.8, 4) is 5.75 Å². The smallest absolute Gasteiger partial charge is 0.240 e. The van der Waals surface area contributed by atoms with Crippen LogP contribution in [-0.2, 0) is 23.0 Å². The van der Waals surface area contributed by atoms with Gasteiger partial charge in [0, 0.05) is 19.6 Å². The third kappa shape index (κ3) is 6.91. The van der Waals surface area contributed by atoms with Gasteiger partial charge in [0.2, 0.25) is 10.0 Å². The zero-order valence-corrected chi connectivity index (χ0v) is 17.5. The molecule has 2 aromatic rings. The summed E-state index contributed by atoms with van der Waals surface area (Å²) in [6, 6.07) is 14.8. The molecule has 0 aromatic heterocycles. The first-order valence-corrected chi connectivity index (χ1v) is 10.9. The lowest BCUT2D eigenvalue weighted by Crippen LogP contribution is -2.38. The average Bonchev–Trinajstić information content (AvgIpc) is 2.66. The van der Waals surface area contributed by atoms with E-state index >= 15 is 0 Å². The summed E-state index contributed by atoms with van der Waals surface area (Å²) < 4.78 is 33.2. The molecule has 0 saturated carbocycles. The number of rotatable bonds is 11. The Bertz CT molecular complexity index is 839. The van der Waals surface area contributed by atoms with Crippen molar-refractivity contribution < 1.29 is 18.3 Å². The molecular formula is C21H30N2O4S. The molecule has 2 rings (SSSR count). The Kier molecular flexibility index (Phi) is 8.44. The highest BCUT2D eigenvalue weighted by atomic mass is 32.2. The summed E-state index contributed by atoms with van der Waals surface area (Å²) in [5.74, 6) is 0.925. The number of nitrogens with one attached hydrogen (secondary N) is 2. The van der Waals surface area contributed by atoms with Gasteiger partial charge in [-0.1, -0.05) is 44.2 Å². The number of aliphatic hydroxyl groups is 1. The summed E-state index contributed by atoms with van der Waals surface area (Å²) in [6.45, 7) is 4.91. The maximum absolute atomic E-state index is 12.8. The number of ether oxygens (including phenoxy) is 1. The van der Waals surface area contributed by atoms with E-state index in [0.29, 0.717) is 36.7 Å². The minimum atomic E-state index is -3.73. The largest absolute Gasteiger partial charge is 0.497 e. The van der Waals surface area contributed by atoms with Crippen molar-refractivity contribution in [3.63, 3.8) is 0 Å². The minimum absolute atomic E-state index is 0.0583. The fraction of sp³-hybridized carbons (Fsp3) is 0.429. The Labute approximate surface area is 168 Å². The van der Waals surface area contributed by atoms with Gasteiger partial charge >= 0.3 is 0 Å². The molecule has 0 unspecified atom stereocenters. The van der Waals surface area contributed by atoms with Gasteiger partial charge in [-0.3, -0.25) is 0 Å². The molecule has 154 valence electrons. The van der Waals surface area contributed by atoms with Crippen LogP contribution in [0.1, 0.15) is 25.0 Å². The van der Waals surface area contributed by atoms with Crippen molar-refractivity contribution in [1.29, 1.82) is 0 Å². The van der Waals surface area contributed by atoms with E-state index in [9.17, 15) is 13.5 Å². The summed E-state index contributed by atoms with van der Waals surface area (Å²) >= 11 is 0. The third-order valence-electron chi connectivity index (χ3n) is 4.25. The van der Waals surface area contributed by atoms with Crippen LogP contribution in [0.4, 0.5) is 0 Å². The molecule has 6 nitrogen and oxygen atoms in total. The summed E-state index contributed by atoms with van der Waals surface area (Å²) in [5, 5.41) is 13.3. The average molecular weight is 407 g/mol. The van der Waals surface area contributed by atoms with Crippen LogP contribution in [0.25, 0.3) is 0 Å². The van der Waals surface area contributed by atoms with Crippen molar-refractivity contribution in [2.45, 2.75) is 37.8 Å². The maximum Gasteiger partial charge on any atom is 0.240 e. The van der Waals surface area contributed by atoms with Crippen LogP contribution in [0.2, 0.25) is 0 Å². The summed E-state index contributed by atoms with van der Waals surface area (Å²) in [4.78, 5) is 0.228. The molecule has 28 heavy (non-hydrogen) atoms. The lowest BCUT2D eigenvalue weighted by molar-refractivity contribution is 0.175. The molecule has 7 heteroatoms. The lowest BCUT2D eigenvalue weighted by atomic mass is 10.0. The molecule has 0 fully saturated rings. The third-order valence-corrected chi connectivity index (χ3v) is 5.77. The highest BCUT2D eigenvalue weighted by Crippen LogP contribution is 2.24. The van der Waals surface area contributed by atoms with Crippen LogP contribution in [0, 0.1) is 5.92 Å². The van der Waals surface area contributed by atoms with Gasteiger partial charge in [0.1, 0.15) is 5.75 Å². The Balaban J connectivity index is 1.95. The van der Waals surface area contributed by atoms with Crippen LogP contribution in [0.15, 0.2) is 53.4 Å². The number of benzene rings is 2. The van der Waals surface area contributed by atoms with Crippen LogP contribution in [0.3, 0.4) is 0 Å². The van der Waals surface area contributed by atoms with Crippen LogP contribution in [0.5, 0.6) is 5.75 Å². The van der Waals surface area contributed by atoms with Crippen LogP contribution in [-0.4, -0.2) is 39.8 Å². The molecule has 2 aromatic carbocycles. The normalized spacial score (nSPS) is 12.9. The number of sulfonamides is 1. The first-order valence-electron chi connectivity index (χ1n) is 9.41. The van der Waals surface area contributed by atoms with Gasteiger partial charge in [-0.2, -0.15) is 0 Å². The second kappa shape index (κ2) is 10.6. The molecule has 0 aliphatic rings. The van der Waals surface area contributed by atoms with Crippen molar-refractivity contribution >= 4 is 10.0 Å². The van der Waals surface area contributed by atoms with Gasteiger partial charge < -0.3 is 15.2 Å². The molecule has 0 aliphatic heterocycles. The van der Waals surface area contributed by atoms with Crippen molar-refractivity contribution in [2.24, 2.45) is 5.92 Å². The Morgan fingerprint density at radius 1 is 1.07 bits per heavy atom. The first-order chi connectivity index (χ1) is 13.3. The van der Waals surface area contributed by atoms with Crippen LogP contribution >= 0.6 is 0 Å². The lowest BCUT2D eigenvalue weighted by Gasteiger charge is -2.16. The number of hydrogen-bond donors (Lipinski definition) is 3. The fourth-order valence-electron chi connectivity index (χ4n) is 2.88. The topological polar surface area (TPSA) is 87.7 Å². The predicted octanol–water partition coefficient (Wildman–Crippen LogP) is 2.32. The van der Waals surface area contributed by atoms with Gasteiger partial charge in [-0.05, 0) is 41.7 Å². The van der Waals surface area contributed by atoms with Gasteiger partial charge in [0.15, 0.2) is 0 Å². The molecule has 0 saturated heterocycles. The predicted molar refractivity (Wildman–Crippen MR) is 111 cm³/mol. The van der Waals surface area contributed by atoms with E-state index in [1.54, 1.807) is 25.3 Å². The molecule has 0 aliphatic carbocycles. The van der Waals surface area contributed by atoms with E-state index in [-0.39, 0.29) is 11.4 Å². The minimum Gasteiger partial charge on any atom is -0.497 e. The van der Waals surface area contributed by atoms with Crippen LogP contribution < -0.4 is 14.8 Å². The molecule has 0 bridgehead atoms. The van der Waals surface area contributed by atoms with Crippen molar-refractivity contribution in [3.05, 3.63) is 59.7 Å². The molecule has 0 radical (unpaired) electrons. The molecule has 0 heterocycles. The highest BCUT2D eigenvalue weighted by molar-refractivity contribution is 7.89. The Morgan fingerprint density at radius 2 is 1.79 bits per heavy atom. The standard InChI is InChI=1S/C21H30N2O4S/c1-16(2)11-18-12-20(27-3)9-10-21(18)28(25,26)23-15-19(24)14-22-13-17-7-5-4-6-8-17/h4-10,12,16,19,22-24H,11,13-15H2,1-3H3/t19-/m1/s1. The Hall–Kier alpha value is -1.93. The molecule has 0 amide bonds. The molecule has 3 N–H and O–H groups in total. The van der Waals surface area contributed by atoms with Crippen molar-refractivity contribution in [1.82, 2.24) is 10.0 Å². The maximum atomic E-state index is 12.8. The van der Waals surface area contributed by atoms with Gasteiger partial charge in [-0.15, -0.1) is 0 Å². The highest BCUT2D eigenvalue weighted by Gasteiger charge is 2.20. The Morgan fingerprint density at radius 3 is 2.43 bits per heavy atom. The van der Waals surface area contributed by atoms with E-state index in [1.165, 1.54) is 0 Å². The number of hydrogen-bond acceptors (Lipinski definition) is 5. The molecular weight excluding hydrogens is 376 g/mol. The van der Waals surface area contributed by atoms with Gasteiger partial charge in [-0.25, -0.2) is 13.1 Å². The van der Waals surface area contributed by atoms with E-state index in [0.717, 1.165) is 5.56 Å². The summed E-state index contributed by atoms with van der Waals surface area (Å²) in [5.41, 5.74) is 1.81. The zero-order valence-electron chi connectivity index (χ0n) is 16.7. The number of aliphatic hydroxyl groups excluding tert-OH is 1. The summed E-state index contributed by atoms with van der Waals surface area (Å²) in [6.07, 6.45) is -0.209. The fourth-order valence-corrected chi connectivity index (χ4v) is 4.18. The quantitative estimate of drug-likeness (QED) is 0.533. The SMILES string of the molecule is COc1ccc(S(=O)(=O)NC[C@H](O)CNCc2ccccc2)c(CC(C)C)c1. The molecule has 1 atom stereocenters. The van der Waals surface area contributed by atoms with Gasteiger partial charge in [0.25, 0.3) is 0 Å². The van der Waals surface area contributed by atoms with E-state index < -0.39 is 16.1 Å². The monoisotopic (exact) mass is 406 g/mol. The second-order valence-corrected chi connectivity index (χ2v) is 8.93.